The molecule has 0 amide bonds. The third kappa shape index (κ3) is 1.79. The molecular weight excluding hydrogens is 168 g/mol. The highest BCUT2D eigenvalue weighted by molar-refractivity contribution is 5.96. The van der Waals surface area contributed by atoms with Crippen LogP contribution in [0, 0.1) is 5.92 Å². The Morgan fingerprint density at radius 1 is 1.69 bits per heavy atom. The van der Waals surface area contributed by atoms with E-state index < -0.39 is 5.60 Å². The summed E-state index contributed by atoms with van der Waals surface area (Å²) in [5.41, 5.74) is -0.725. The molecule has 0 fully saturated rings. The van der Waals surface area contributed by atoms with Crippen molar-refractivity contribution < 1.29 is 14.3 Å². The van der Waals surface area contributed by atoms with Crippen molar-refractivity contribution in [2.24, 2.45) is 5.92 Å². The number of carbonyl (C=O) groups excluding carboxylic acids is 2. The molecule has 13 heavy (non-hydrogen) atoms. The smallest absolute Gasteiger partial charge is 0.303 e. The molecule has 2 unspecified atom stereocenters. The molecule has 0 aromatic carbocycles. The SMILES string of the molecule is CCC1C(=O)C=CC1(C)OC(C)=O. The topological polar surface area (TPSA) is 43.4 Å². The zero-order chi connectivity index (χ0) is 10.1. The molecule has 0 aliphatic heterocycles. The summed E-state index contributed by atoms with van der Waals surface area (Å²) in [4.78, 5) is 22.1. The van der Waals surface area contributed by atoms with Crippen LogP contribution in [0.5, 0.6) is 0 Å². The Balaban J connectivity index is 2.83. The summed E-state index contributed by atoms with van der Waals surface area (Å²) in [6.45, 7) is 5.04. The lowest BCUT2D eigenvalue weighted by Gasteiger charge is -2.28. The van der Waals surface area contributed by atoms with Gasteiger partial charge in [-0.15, -0.1) is 0 Å². The summed E-state index contributed by atoms with van der Waals surface area (Å²) in [5.74, 6) is -0.511. The van der Waals surface area contributed by atoms with Gasteiger partial charge in [0.1, 0.15) is 5.60 Å². The van der Waals surface area contributed by atoms with E-state index in [0.717, 1.165) is 0 Å². The Hall–Kier alpha value is -1.12. The quantitative estimate of drug-likeness (QED) is 0.607. The third-order valence-electron chi connectivity index (χ3n) is 2.39. The molecule has 0 saturated heterocycles. The van der Waals surface area contributed by atoms with E-state index in [0.29, 0.717) is 6.42 Å². The molecule has 1 rings (SSSR count). The molecular formula is C10H14O3. The lowest BCUT2D eigenvalue weighted by molar-refractivity contribution is -0.155. The molecule has 0 aromatic heterocycles. The van der Waals surface area contributed by atoms with Gasteiger partial charge in [-0.05, 0) is 25.5 Å². The van der Waals surface area contributed by atoms with Crippen molar-refractivity contribution in [3.05, 3.63) is 12.2 Å². The second-order valence-corrected chi connectivity index (χ2v) is 3.47. The Morgan fingerprint density at radius 3 is 2.77 bits per heavy atom. The summed E-state index contributed by atoms with van der Waals surface area (Å²) >= 11 is 0. The van der Waals surface area contributed by atoms with Crippen molar-refractivity contribution >= 4 is 11.8 Å². The Labute approximate surface area is 77.8 Å². The van der Waals surface area contributed by atoms with E-state index >= 15 is 0 Å². The first-order valence-corrected chi connectivity index (χ1v) is 4.42. The lowest BCUT2D eigenvalue weighted by Crippen LogP contribution is -2.36. The van der Waals surface area contributed by atoms with Crippen molar-refractivity contribution in [3.63, 3.8) is 0 Å². The Kier molecular flexibility index (Phi) is 2.55. The summed E-state index contributed by atoms with van der Waals surface area (Å²) in [6.07, 6.45) is 3.86. The number of hydrogen-bond donors (Lipinski definition) is 0. The van der Waals surface area contributed by atoms with Gasteiger partial charge in [0.25, 0.3) is 0 Å². The van der Waals surface area contributed by atoms with Crippen molar-refractivity contribution in [3.8, 4) is 0 Å². The molecule has 3 heteroatoms. The van der Waals surface area contributed by atoms with Crippen LogP contribution in [-0.4, -0.2) is 17.4 Å². The molecule has 1 aliphatic rings. The van der Waals surface area contributed by atoms with Crippen molar-refractivity contribution in [1.82, 2.24) is 0 Å². The molecule has 72 valence electrons. The van der Waals surface area contributed by atoms with Gasteiger partial charge >= 0.3 is 5.97 Å². The first kappa shape index (κ1) is 9.96. The molecule has 0 radical (unpaired) electrons. The predicted molar refractivity (Wildman–Crippen MR) is 48.1 cm³/mol. The van der Waals surface area contributed by atoms with Crippen LogP contribution in [0.15, 0.2) is 12.2 Å². The second kappa shape index (κ2) is 3.32. The molecule has 0 saturated carbocycles. The van der Waals surface area contributed by atoms with Crippen LogP contribution >= 0.6 is 0 Å². The molecule has 1 aliphatic carbocycles. The van der Waals surface area contributed by atoms with Crippen molar-refractivity contribution in [2.75, 3.05) is 0 Å². The van der Waals surface area contributed by atoms with Crippen molar-refractivity contribution in [1.29, 1.82) is 0 Å². The van der Waals surface area contributed by atoms with Crippen LogP contribution in [0.3, 0.4) is 0 Å². The minimum Gasteiger partial charge on any atom is -0.455 e. The summed E-state index contributed by atoms with van der Waals surface area (Å²) in [6, 6.07) is 0. The third-order valence-corrected chi connectivity index (χ3v) is 2.39. The number of ketones is 1. The number of rotatable bonds is 2. The normalized spacial score (nSPS) is 32.2. The number of esters is 1. The van der Waals surface area contributed by atoms with Crippen LogP contribution in [0.1, 0.15) is 27.2 Å². The monoisotopic (exact) mass is 182 g/mol. The standard InChI is InChI=1S/C10H14O3/c1-4-8-9(12)5-6-10(8,3)13-7(2)11/h5-6,8H,4H2,1-3H3. The minimum atomic E-state index is -0.725. The number of hydrogen-bond acceptors (Lipinski definition) is 3. The fourth-order valence-corrected chi connectivity index (χ4v) is 1.78. The zero-order valence-corrected chi connectivity index (χ0v) is 8.16. The molecule has 3 nitrogen and oxygen atoms in total. The van der Waals surface area contributed by atoms with Crippen LogP contribution in [0.2, 0.25) is 0 Å². The first-order chi connectivity index (χ1) is 5.99. The molecule has 0 spiro atoms. The fraction of sp³-hybridized carbons (Fsp3) is 0.600. The zero-order valence-electron chi connectivity index (χ0n) is 8.16. The van der Waals surface area contributed by atoms with Gasteiger partial charge in [-0.3, -0.25) is 9.59 Å². The first-order valence-electron chi connectivity index (χ1n) is 4.42. The van der Waals surface area contributed by atoms with E-state index in [1.165, 1.54) is 13.0 Å². The van der Waals surface area contributed by atoms with Gasteiger partial charge in [0, 0.05) is 6.92 Å². The van der Waals surface area contributed by atoms with E-state index in [2.05, 4.69) is 0 Å². The molecule has 2 atom stereocenters. The van der Waals surface area contributed by atoms with Crippen LogP contribution < -0.4 is 0 Å². The molecule has 0 aromatic rings. The Morgan fingerprint density at radius 2 is 2.31 bits per heavy atom. The predicted octanol–water partition coefficient (Wildman–Crippen LogP) is 1.47. The highest BCUT2D eigenvalue weighted by Gasteiger charge is 2.41. The van der Waals surface area contributed by atoms with Gasteiger partial charge in [0.15, 0.2) is 5.78 Å². The van der Waals surface area contributed by atoms with Crippen LogP contribution in [-0.2, 0) is 14.3 Å². The van der Waals surface area contributed by atoms with E-state index in [1.807, 2.05) is 6.92 Å². The van der Waals surface area contributed by atoms with Crippen molar-refractivity contribution in [2.45, 2.75) is 32.8 Å². The maximum absolute atomic E-state index is 11.3. The maximum Gasteiger partial charge on any atom is 0.303 e. The van der Waals surface area contributed by atoms with Gasteiger partial charge in [0.2, 0.25) is 0 Å². The molecule has 0 bridgehead atoms. The highest BCUT2D eigenvalue weighted by Crippen LogP contribution is 2.32. The average Bonchev–Trinajstić information content (AvgIpc) is 2.25. The summed E-state index contributed by atoms with van der Waals surface area (Å²) < 4.78 is 5.13. The minimum absolute atomic E-state index is 0.0475. The van der Waals surface area contributed by atoms with Gasteiger partial charge in [0.05, 0.1) is 5.92 Å². The summed E-state index contributed by atoms with van der Waals surface area (Å²) in [5, 5.41) is 0. The largest absolute Gasteiger partial charge is 0.455 e. The number of carbonyl (C=O) groups is 2. The second-order valence-electron chi connectivity index (χ2n) is 3.47. The van der Waals surface area contributed by atoms with Gasteiger partial charge in [-0.25, -0.2) is 0 Å². The number of allylic oxidation sites excluding steroid dienone is 1. The molecule has 0 N–H and O–H groups in total. The van der Waals surface area contributed by atoms with Crippen LogP contribution in [0.4, 0.5) is 0 Å². The van der Waals surface area contributed by atoms with E-state index in [1.54, 1.807) is 13.0 Å². The van der Waals surface area contributed by atoms with Gasteiger partial charge in [-0.2, -0.15) is 0 Å². The summed E-state index contributed by atoms with van der Waals surface area (Å²) in [7, 11) is 0. The lowest BCUT2D eigenvalue weighted by atomic mass is 9.89. The fourth-order valence-electron chi connectivity index (χ4n) is 1.78. The molecule has 0 heterocycles. The van der Waals surface area contributed by atoms with E-state index in [4.69, 9.17) is 4.74 Å². The maximum atomic E-state index is 11.3. The average molecular weight is 182 g/mol. The van der Waals surface area contributed by atoms with Gasteiger partial charge < -0.3 is 4.74 Å². The number of ether oxygens (including phenoxy) is 1. The highest BCUT2D eigenvalue weighted by atomic mass is 16.6. The van der Waals surface area contributed by atoms with Gasteiger partial charge in [-0.1, -0.05) is 6.92 Å². The van der Waals surface area contributed by atoms with E-state index in [-0.39, 0.29) is 17.7 Å². The van der Waals surface area contributed by atoms with E-state index in [9.17, 15) is 9.59 Å². The Bertz CT molecular complexity index is 267. The van der Waals surface area contributed by atoms with Crippen LogP contribution in [0.25, 0.3) is 0 Å².